The minimum absolute atomic E-state index is 0.113. The highest BCUT2D eigenvalue weighted by atomic mass is 16.5. The Hall–Kier alpha value is -2.82. The van der Waals surface area contributed by atoms with Crippen LogP contribution in [0.2, 0.25) is 0 Å². The Morgan fingerprint density at radius 3 is 2.80 bits per heavy atom. The predicted octanol–water partition coefficient (Wildman–Crippen LogP) is 3.53. The van der Waals surface area contributed by atoms with Crippen LogP contribution in [0, 0.1) is 6.92 Å². The molecule has 1 fully saturated rings. The summed E-state index contributed by atoms with van der Waals surface area (Å²) < 4.78 is 5.65. The van der Waals surface area contributed by atoms with Gasteiger partial charge in [-0.15, -0.1) is 0 Å². The zero-order chi connectivity index (χ0) is 17.6. The summed E-state index contributed by atoms with van der Waals surface area (Å²) in [6, 6.07) is 15.1. The van der Waals surface area contributed by atoms with Crippen molar-refractivity contribution in [1.29, 1.82) is 0 Å². The maximum atomic E-state index is 12.1. The van der Waals surface area contributed by atoms with Gasteiger partial charge in [0.25, 0.3) is 0 Å². The third-order valence-corrected chi connectivity index (χ3v) is 4.20. The standard InChI is InChI=1S/C20H22N2O3/c1-15-6-2-3-9-18(15)25-13-11-19(23)21-16-7-4-8-17(14-16)22-12-5-10-20(22)24/h2-4,6-9,14H,5,10-13H2,1H3,(H,21,23). The summed E-state index contributed by atoms with van der Waals surface area (Å²) in [6.07, 6.45) is 1.74. The van der Waals surface area contributed by atoms with Crippen molar-refractivity contribution in [3.05, 3.63) is 54.1 Å². The monoisotopic (exact) mass is 338 g/mol. The van der Waals surface area contributed by atoms with Crippen molar-refractivity contribution in [2.24, 2.45) is 0 Å². The van der Waals surface area contributed by atoms with E-state index in [1.165, 1.54) is 0 Å². The van der Waals surface area contributed by atoms with Gasteiger partial charge in [0, 0.05) is 24.3 Å². The van der Waals surface area contributed by atoms with Crippen LogP contribution in [0.1, 0.15) is 24.8 Å². The van der Waals surface area contributed by atoms with Gasteiger partial charge in [0.15, 0.2) is 0 Å². The summed E-state index contributed by atoms with van der Waals surface area (Å²) in [4.78, 5) is 25.7. The Morgan fingerprint density at radius 2 is 2.04 bits per heavy atom. The van der Waals surface area contributed by atoms with Crippen LogP contribution in [0.4, 0.5) is 11.4 Å². The lowest BCUT2D eigenvalue weighted by Crippen LogP contribution is -2.23. The van der Waals surface area contributed by atoms with E-state index >= 15 is 0 Å². The number of carbonyl (C=O) groups excluding carboxylic acids is 2. The highest BCUT2D eigenvalue weighted by Crippen LogP contribution is 2.24. The third-order valence-electron chi connectivity index (χ3n) is 4.20. The quantitative estimate of drug-likeness (QED) is 0.876. The highest BCUT2D eigenvalue weighted by Gasteiger charge is 2.21. The molecule has 130 valence electrons. The summed E-state index contributed by atoms with van der Waals surface area (Å²) >= 11 is 0. The molecule has 0 aliphatic carbocycles. The number of nitrogens with one attached hydrogen (secondary N) is 1. The molecule has 2 amide bonds. The summed E-state index contributed by atoms with van der Waals surface area (Å²) in [5, 5.41) is 2.86. The van der Waals surface area contributed by atoms with Crippen molar-refractivity contribution in [2.45, 2.75) is 26.2 Å². The number of anilines is 2. The first-order chi connectivity index (χ1) is 12.1. The number of nitrogens with zero attached hydrogens (tertiary/aromatic N) is 1. The molecule has 0 bridgehead atoms. The number of benzene rings is 2. The van der Waals surface area contributed by atoms with Gasteiger partial charge in [0.2, 0.25) is 11.8 Å². The lowest BCUT2D eigenvalue weighted by atomic mass is 10.2. The Labute approximate surface area is 147 Å². The fraction of sp³-hybridized carbons (Fsp3) is 0.300. The van der Waals surface area contributed by atoms with Crippen LogP contribution in [0.15, 0.2) is 48.5 Å². The van der Waals surface area contributed by atoms with Gasteiger partial charge in [-0.3, -0.25) is 9.59 Å². The van der Waals surface area contributed by atoms with Gasteiger partial charge in [0.1, 0.15) is 5.75 Å². The van der Waals surface area contributed by atoms with Crippen LogP contribution in [-0.2, 0) is 9.59 Å². The minimum atomic E-state index is -0.113. The third kappa shape index (κ3) is 4.38. The van der Waals surface area contributed by atoms with E-state index in [-0.39, 0.29) is 18.2 Å². The molecule has 2 aromatic rings. The average Bonchev–Trinajstić information content (AvgIpc) is 3.03. The fourth-order valence-corrected chi connectivity index (χ4v) is 2.87. The molecule has 1 saturated heterocycles. The molecule has 0 spiro atoms. The number of hydrogen-bond donors (Lipinski definition) is 1. The molecule has 1 aliphatic heterocycles. The first-order valence-electron chi connectivity index (χ1n) is 8.52. The molecule has 25 heavy (non-hydrogen) atoms. The van der Waals surface area contributed by atoms with Gasteiger partial charge in [-0.25, -0.2) is 0 Å². The number of ether oxygens (including phenoxy) is 1. The molecule has 0 saturated carbocycles. The zero-order valence-electron chi connectivity index (χ0n) is 14.3. The topological polar surface area (TPSA) is 58.6 Å². The first-order valence-corrected chi connectivity index (χ1v) is 8.52. The smallest absolute Gasteiger partial charge is 0.227 e. The number of hydrogen-bond acceptors (Lipinski definition) is 3. The Balaban J connectivity index is 1.53. The van der Waals surface area contributed by atoms with Crippen molar-refractivity contribution in [3.63, 3.8) is 0 Å². The van der Waals surface area contributed by atoms with Crippen LogP contribution in [0.5, 0.6) is 5.75 Å². The first kappa shape index (κ1) is 17.0. The van der Waals surface area contributed by atoms with Gasteiger partial charge >= 0.3 is 0 Å². The average molecular weight is 338 g/mol. The molecule has 1 N–H and O–H groups in total. The highest BCUT2D eigenvalue weighted by molar-refractivity contribution is 5.97. The molecule has 1 heterocycles. The van der Waals surface area contributed by atoms with Crippen LogP contribution in [0.3, 0.4) is 0 Å². The second-order valence-electron chi connectivity index (χ2n) is 6.11. The Morgan fingerprint density at radius 1 is 1.20 bits per heavy atom. The van der Waals surface area contributed by atoms with E-state index in [9.17, 15) is 9.59 Å². The number of carbonyl (C=O) groups is 2. The molecule has 2 aromatic carbocycles. The molecular weight excluding hydrogens is 316 g/mol. The van der Waals surface area contributed by atoms with E-state index in [1.807, 2.05) is 55.5 Å². The van der Waals surface area contributed by atoms with Gasteiger partial charge < -0.3 is 15.0 Å². The van der Waals surface area contributed by atoms with E-state index in [0.29, 0.717) is 18.7 Å². The number of amides is 2. The summed E-state index contributed by atoms with van der Waals surface area (Å²) in [5.41, 5.74) is 2.57. The van der Waals surface area contributed by atoms with Crippen LogP contribution < -0.4 is 15.0 Å². The SMILES string of the molecule is Cc1ccccc1OCCC(=O)Nc1cccc(N2CCCC2=O)c1. The van der Waals surface area contributed by atoms with Crippen LogP contribution in [-0.4, -0.2) is 25.0 Å². The van der Waals surface area contributed by atoms with Crippen molar-refractivity contribution in [1.82, 2.24) is 0 Å². The predicted molar refractivity (Wildman–Crippen MR) is 97.9 cm³/mol. The number of para-hydroxylation sites is 1. The van der Waals surface area contributed by atoms with Crippen molar-refractivity contribution >= 4 is 23.2 Å². The molecule has 0 radical (unpaired) electrons. The van der Waals surface area contributed by atoms with Gasteiger partial charge in [-0.2, -0.15) is 0 Å². The number of rotatable bonds is 6. The van der Waals surface area contributed by atoms with E-state index in [1.54, 1.807) is 4.90 Å². The summed E-state index contributed by atoms with van der Waals surface area (Å²) in [6.45, 7) is 3.03. The van der Waals surface area contributed by atoms with Gasteiger partial charge in [-0.1, -0.05) is 24.3 Å². The van der Waals surface area contributed by atoms with Crippen LogP contribution >= 0.6 is 0 Å². The second kappa shape index (κ2) is 7.83. The fourth-order valence-electron chi connectivity index (χ4n) is 2.87. The van der Waals surface area contributed by atoms with Gasteiger partial charge in [-0.05, 0) is 43.2 Å². The van der Waals surface area contributed by atoms with Crippen molar-refractivity contribution < 1.29 is 14.3 Å². The summed E-state index contributed by atoms with van der Waals surface area (Å²) in [7, 11) is 0. The van der Waals surface area contributed by atoms with E-state index < -0.39 is 0 Å². The maximum absolute atomic E-state index is 12.1. The lowest BCUT2D eigenvalue weighted by Gasteiger charge is -2.16. The van der Waals surface area contributed by atoms with Crippen molar-refractivity contribution in [2.75, 3.05) is 23.4 Å². The van der Waals surface area contributed by atoms with Crippen LogP contribution in [0.25, 0.3) is 0 Å². The second-order valence-corrected chi connectivity index (χ2v) is 6.11. The molecule has 0 unspecified atom stereocenters. The summed E-state index contributed by atoms with van der Waals surface area (Å²) in [5.74, 6) is 0.818. The van der Waals surface area contributed by atoms with Crippen molar-refractivity contribution in [3.8, 4) is 5.75 Å². The van der Waals surface area contributed by atoms with Gasteiger partial charge in [0.05, 0.1) is 13.0 Å². The normalized spacial score (nSPS) is 13.8. The molecule has 5 heteroatoms. The van der Waals surface area contributed by atoms with E-state index in [0.717, 1.165) is 30.0 Å². The molecular formula is C20H22N2O3. The molecule has 3 rings (SSSR count). The largest absolute Gasteiger partial charge is 0.493 e. The zero-order valence-corrected chi connectivity index (χ0v) is 14.3. The minimum Gasteiger partial charge on any atom is -0.493 e. The Kier molecular flexibility index (Phi) is 5.33. The number of aryl methyl sites for hydroxylation is 1. The molecule has 5 nitrogen and oxygen atoms in total. The molecule has 0 aromatic heterocycles. The molecule has 1 aliphatic rings. The lowest BCUT2D eigenvalue weighted by molar-refractivity contribution is -0.117. The molecule has 0 atom stereocenters. The Bertz CT molecular complexity index is 773. The maximum Gasteiger partial charge on any atom is 0.227 e. The van der Waals surface area contributed by atoms with E-state index in [4.69, 9.17) is 4.74 Å². The van der Waals surface area contributed by atoms with E-state index in [2.05, 4.69) is 5.32 Å².